The first kappa shape index (κ1) is 19.2. The molecule has 0 saturated carbocycles. The van der Waals surface area contributed by atoms with Gasteiger partial charge in [-0.2, -0.15) is 17.9 Å². The van der Waals surface area contributed by atoms with Crippen LogP contribution in [0.1, 0.15) is 21.5 Å². The van der Waals surface area contributed by atoms with Gasteiger partial charge in [-0.15, -0.1) is 0 Å². The third kappa shape index (κ3) is 3.48. The average molecular weight is 388 g/mol. The van der Waals surface area contributed by atoms with E-state index in [0.29, 0.717) is 16.0 Å². The monoisotopic (exact) mass is 388 g/mol. The summed E-state index contributed by atoms with van der Waals surface area (Å²) in [5.74, 6) is -0.359. The Morgan fingerprint density at radius 1 is 1.11 bits per heavy atom. The lowest BCUT2D eigenvalue weighted by Gasteiger charge is -2.13. The summed E-state index contributed by atoms with van der Waals surface area (Å²) in [5.41, 5.74) is 5.06. The molecular weight excluding hydrogens is 373 g/mol. The van der Waals surface area contributed by atoms with Crippen molar-refractivity contribution in [3.05, 3.63) is 82.7 Å². The topological polar surface area (TPSA) is 79.3 Å². The highest BCUT2D eigenvalue weighted by atomic mass is 19.4. The van der Waals surface area contributed by atoms with Crippen LogP contribution < -0.4 is 15.2 Å². The summed E-state index contributed by atoms with van der Waals surface area (Å²) in [7, 11) is 1.42. The number of anilines is 1. The Balaban J connectivity index is 2.13. The van der Waals surface area contributed by atoms with Crippen LogP contribution in [0.3, 0.4) is 0 Å². The average Bonchev–Trinajstić information content (AvgIpc) is 2.67. The van der Waals surface area contributed by atoms with Crippen molar-refractivity contribution in [2.45, 2.75) is 6.18 Å². The fraction of sp³-hybridized carbons (Fsp3) is 0.100. The quantitative estimate of drug-likeness (QED) is 0.419. The molecule has 2 N–H and O–H groups in total. The van der Waals surface area contributed by atoms with E-state index in [0.717, 1.165) is 24.4 Å². The molecule has 3 aromatic rings. The van der Waals surface area contributed by atoms with Gasteiger partial charge in [0.25, 0.3) is 5.69 Å². The normalized spacial score (nSPS) is 11.3. The number of hydrogen-bond acceptors (Lipinski definition) is 4. The van der Waals surface area contributed by atoms with Crippen molar-refractivity contribution < 1.29 is 27.4 Å². The number of pyridine rings is 1. The standard InChI is InChI=1S/C20H15F3N2O3/c1-28-16-8-3-2-7-14(16)18-17(24)15(9-10-25(18)27)19(26)12-5-4-6-13(11-12)20(21,22)23/h2-11H,24H2,1H3. The van der Waals surface area contributed by atoms with E-state index in [1.165, 1.54) is 19.2 Å². The van der Waals surface area contributed by atoms with Crippen molar-refractivity contribution >= 4 is 11.5 Å². The van der Waals surface area contributed by atoms with Gasteiger partial charge in [0.1, 0.15) is 11.4 Å². The number of nitrogen functional groups attached to an aromatic ring is 1. The van der Waals surface area contributed by atoms with Crippen molar-refractivity contribution in [1.29, 1.82) is 0 Å². The van der Waals surface area contributed by atoms with E-state index in [1.54, 1.807) is 24.3 Å². The van der Waals surface area contributed by atoms with E-state index in [1.807, 2.05) is 0 Å². The van der Waals surface area contributed by atoms with Crippen LogP contribution in [0.15, 0.2) is 60.8 Å². The fourth-order valence-corrected chi connectivity index (χ4v) is 2.85. The van der Waals surface area contributed by atoms with E-state index in [-0.39, 0.29) is 22.5 Å². The summed E-state index contributed by atoms with van der Waals surface area (Å²) in [6.07, 6.45) is -3.50. The van der Waals surface area contributed by atoms with Gasteiger partial charge in [-0.1, -0.05) is 24.3 Å². The number of halogens is 3. The number of hydrogen-bond donors (Lipinski definition) is 1. The Labute approximate surface area is 158 Å². The molecule has 0 fully saturated rings. The van der Waals surface area contributed by atoms with E-state index in [4.69, 9.17) is 10.5 Å². The Morgan fingerprint density at radius 3 is 2.50 bits per heavy atom. The first-order valence-electron chi connectivity index (χ1n) is 8.11. The van der Waals surface area contributed by atoms with Gasteiger partial charge in [-0.05, 0) is 24.3 Å². The highest BCUT2D eigenvalue weighted by molar-refractivity contribution is 6.13. The number of benzene rings is 2. The highest BCUT2D eigenvalue weighted by Gasteiger charge is 2.31. The van der Waals surface area contributed by atoms with Gasteiger partial charge in [-0.25, -0.2) is 0 Å². The largest absolute Gasteiger partial charge is 0.618 e. The zero-order chi connectivity index (χ0) is 20.5. The van der Waals surface area contributed by atoms with Crippen LogP contribution in [0.2, 0.25) is 0 Å². The molecule has 0 amide bonds. The fourth-order valence-electron chi connectivity index (χ4n) is 2.85. The Morgan fingerprint density at radius 2 is 1.82 bits per heavy atom. The van der Waals surface area contributed by atoms with Crippen molar-refractivity contribution in [3.63, 3.8) is 0 Å². The van der Waals surface area contributed by atoms with Crippen LogP contribution in [0.25, 0.3) is 11.3 Å². The van der Waals surface area contributed by atoms with Crippen LogP contribution in [0.4, 0.5) is 18.9 Å². The van der Waals surface area contributed by atoms with Crippen molar-refractivity contribution in [2.24, 2.45) is 0 Å². The maximum absolute atomic E-state index is 12.9. The van der Waals surface area contributed by atoms with Crippen molar-refractivity contribution in [2.75, 3.05) is 12.8 Å². The zero-order valence-electron chi connectivity index (χ0n) is 14.7. The molecule has 8 heteroatoms. The molecule has 0 spiro atoms. The highest BCUT2D eigenvalue weighted by Crippen LogP contribution is 2.34. The molecule has 2 aromatic carbocycles. The van der Waals surface area contributed by atoms with E-state index >= 15 is 0 Å². The number of nitrogens with zero attached hydrogens (tertiary/aromatic N) is 1. The zero-order valence-corrected chi connectivity index (χ0v) is 14.7. The second-order valence-electron chi connectivity index (χ2n) is 5.93. The Bertz CT molecular complexity index is 1050. The lowest BCUT2D eigenvalue weighted by molar-refractivity contribution is -0.593. The molecule has 0 aliphatic heterocycles. The molecule has 1 heterocycles. The summed E-state index contributed by atoms with van der Waals surface area (Å²) in [6.45, 7) is 0. The number of rotatable bonds is 4. The number of alkyl halides is 3. The molecule has 3 rings (SSSR count). The van der Waals surface area contributed by atoms with Gasteiger partial charge in [0.05, 0.1) is 23.8 Å². The minimum atomic E-state index is -4.58. The maximum atomic E-state index is 12.9. The van der Waals surface area contributed by atoms with E-state index in [2.05, 4.69) is 0 Å². The molecule has 0 aliphatic rings. The summed E-state index contributed by atoms with van der Waals surface area (Å²) >= 11 is 0. The van der Waals surface area contributed by atoms with Crippen LogP contribution in [-0.4, -0.2) is 12.9 Å². The molecule has 0 bridgehead atoms. The predicted molar refractivity (Wildman–Crippen MR) is 96.7 cm³/mol. The van der Waals surface area contributed by atoms with Gasteiger partial charge >= 0.3 is 6.18 Å². The molecule has 0 atom stereocenters. The van der Waals surface area contributed by atoms with Gasteiger partial charge < -0.3 is 15.7 Å². The molecule has 0 aliphatic carbocycles. The number of carbonyl (C=O) groups excluding carboxylic acids is 1. The molecule has 0 saturated heterocycles. The van der Waals surface area contributed by atoms with Crippen molar-refractivity contribution in [1.82, 2.24) is 0 Å². The first-order valence-corrected chi connectivity index (χ1v) is 8.11. The summed E-state index contributed by atoms with van der Waals surface area (Å²) in [5, 5.41) is 12.3. The van der Waals surface area contributed by atoms with Gasteiger partial charge in [0.15, 0.2) is 12.0 Å². The number of ether oxygens (including phenoxy) is 1. The van der Waals surface area contributed by atoms with Crippen LogP contribution in [0, 0.1) is 5.21 Å². The summed E-state index contributed by atoms with van der Waals surface area (Å²) < 4.78 is 44.5. The number of para-hydroxylation sites is 1. The number of methoxy groups -OCH3 is 1. The second-order valence-corrected chi connectivity index (χ2v) is 5.93. The van der Waals surface area contributed by atoms with E-state index in [9.17, 15) is 23.2 Å². The molecule has 144 valence electrons. The molecule has 5 nitrogen and oxygen atoms in total. The molecule has 0 unspecified atom stereocenters. The third-order valence-corrected chi connectivity index (χ3v) is 4.20. The second kappa shape index (κ2) is 7.22. The first-order chi connectivity index (χ1) is 13.2. The summed E-state index contributed by atoms with van der Waals surface area (Å²) in [6, 6.07) is 11.8. The minimum Gasteiger partial charge on any atom is -0.618 e. The Kier molecular flexibility index (Phi) is 4.96. The SMILES string of the molecule is COc1ccccc1-c1c(N)c(C(=O)c2cccc(C(F)(F)F)c2)cc[n+]1[O-]. The molecule has 0 radical (unpaired) electrons. The molecule has 1 aromatic heterocycles. The number of carbonyl (C=O) groups is 1. The van der Waals surface area contributed by atoms with E-state index < -0.39 is 17.5 Å². The van der Waals surface area contributed by atoms with Gasteiger partial charge in [0.2, 0.25) is 0 Å². The van der Waals surface area contributed by atoms with Crippen LogP contribution in [-0.2, 0) is 6.18 Å². The van der Waals surface area contributed by atoms with Gasteiger partial charge in [-0.3, -0.25) is 4.79 Å². The lowest BCUT2D eigenvalue weighted by Crippen LogP contribution is -2.31. The Hall–Kier alpha value is -3.55. The minimum absolute atomic E-state index is 0.0183. The summed E-state index contributed by atoms with van der Waals surface area (Å²) in [4.78, 5) is 12.8. The third-order valence-electron chi connectivity index (χ3n) is 4.20. The van der Waals surface area contributed by atoms with Gasteiger partial charge in [0, 0.05) is 11.6 Å². The molecule has 28 heavy (non-hydrogen) atoms. The number of nitrogens with two attached hydrogens (primary N) is 1. The molecular formula is C20H15F3N2O3. The maximum Gasteiger partial charge on any atom is 0.416 e. The number of aromatic nitrogens is 1. The predicted octanol–water partition coefficient (Wildman–Crippen LogP) is 3.83. The lowest BCUT2D eigenvalue weighted by atomic mass is 9.98. The van der Waals surface area contributed by atoms with Crippen molar-refractivity contribution in [3.8, 4) is 17.0 Å². The van der Waals surface area contributed by atoms with Crippen LogP contribution >= 0.6 is 0 Å². The smallest absolute Gasteiger partial charge is 0.416 e. The number of ketones is 1. The van der Waals surface area contributed by atoms with Crippen LogP contribution in [0.5, 0.6) is 5.75 Å².